The minimum absolute atomic E-state index is 0.00807. The molecule has 0 atom stereocenters. The monoisotopic (exact) mass is 266 g/mol. The summed E-state index contributed by atoms with van der Waals surface area (Å²) in [5.41, 5.74) is 0.204. The summed E-state index contributed by atoms with van der Waals surface area (Å²) in [7, 11) is 1.49. The topological polar surface area (TPSA) is 89.9 Å². The fourth-order valence-electron chi connectivity index (χ4n) is 1.53. The predicted molar refractivity (Wildman–Crippen MR) is 70.0 cm³/mol. The summed E-state index contributed by atoms with van der Waals surface area (Å²) in [5.74, 6) is -1.33. The first-order chi connectivity index (χ1) is 8.81. The molecule has 104 valence electrons. The molecule has 1 rings (SSSR count). The number of aromatic hydroxyl groups is 2. The third kappa shape index (κ3) is 4.17. The quantitative estimate of drug-likeness (QED) is 0.700. The van der Waals surface area contributed by atoms with E-state index in [0.717, 1.165) is 6.07 Å². The van der Waals surface area contributed by atoms with Crippen LogP contribution in [0.1, 0.15) is 24.2 Å². The fraction of sp³-hybridized carbons (Fsp3) is 0.385. The second-order valence-electron chi connectivity index (χ2n) is 4.59. The van der Waals surface area contributed by atoms with Crippen molar-refractivity contribution < 1.29 is 19.8 Å². The lowest BCUT2D eigenvalue weighted by Crippen LogP contribution is -2.40. The number of likely N-dealkylation sites (N-methyl/N-ethyl adjacent to an activating group) is 1. The third-order valence-electron chi connectivity index (χ3n) is 2.40. The van der Waals surface area contributed by atoms with E-state index in [1.165, 1.54) is 24.1 Å². The number of benzene rings is 1. The van der Waals surface area contributed by atoms with Crippen molar-refractivity contribution in [1.82, 2.24) is 10.2 Å². The lowest BCUT2D eigenvalue weighted by molar-refractivity contribution is -0.122. The molecule has 6 heteroatoms. The molecule has 0 bridgehead atoms. The number of phenols is 2. The van der Waals surface area contributed by atoms with Crippen molar-refractivity contribution in [3.05, 3.63) is 23.8 Å². The van der Waals surface area contributed by atoms with Crippen molar-refractivity contribution >= 4 is 11.8 Å². The number of phenolic OH excluding ortho intramolecular Hbond substituents is 2. The Balaban J connectivity index is 2.71. The van der Waals surface area contributed by atoms with E-state index in [2.05, 4.69) is 5.32 Å². The van der Waals surface area contributed by atoms with Crippen LogP contribution in [-0.4, -0.2) is 46.6 Å². The van der Waals surface area contributed by atoms with Crippen molar-refractivity contribution in [2.45, 2.75) is 19.9 Å². The first-order valence-electron chi connectivity index (χ1n) is 5.88. The predicted octanol–water partition coefficient (Wildman–Crippen LogP) is 0.694. The van der Waals surface area contributed by atoms with Gasteiger partial charge < -0.3 is 20.4 Å². The summed E-state index contributed by atoms with van der Waals surface area (Å²) in [6.45, 7) is 3.59. The van der Waals surface area contributed by atoms with Crippen molar-refractivity contribution in [1.29, 1.82) is 0 Å². The maximum atomic E-state index is 12.0. The minimum Gasteiger partial charge on any atom is -0.504 e. The van der Waals surface area contributed by atoms with Gasteiger partial charge in [0, 0.05) is 18.7 Å². The van der Waals surface area contributed by atoms with E-state index in [1.54, 1.807) is 0 Å². The van der Waals surface area contributed by atoms with Crippen LogP contribution in [0.3, 0.4) is 0 Å². The van der Waals surface area contributed by atoms with Gasteiger partial charge in [0.1, 0.15) is 0 Å². The Labute approximate surface area is 111 Å². The molecule has 6 nitrogen and oxygen atoms in total. The smallest absolute Gasteiger partial charge is 0.254 e. The van der Waals surface area contributed by atoms with Crippen molar-refractivity contribution in [2.75, 3.05) is 13.6 Å². The van der Waals surface area contributed by atoms with Gasteiger partial charge >= 0.3 is 0 Å². The van der Waals surface area contributed by atoms with Crippen LogP contribution in [0.25, 0.3) is 0 Å². The van der Waals surface area contributed by atoms with Gasteiger partial charge in [-0.15, -0.1) is 0 Å². The second kappa shape index (κ2) is 6.08. The molecule has 0 aliphatic carbocycles. The summed E-state index contributed by atoms with van der Waals surface area (Å²) in [5, 5.41) is 21.2. The van der Waals surface area contributed by atoms with Crippen molar-refractivity contribution in [3.8, 4) is 11.5 Å². The van der Waals surface area contributed by atoms with Gasteiger partial charge in [-0.2, -0.15) is 0 Å². The van der Waals surface area contributed by atoms with E-state index >= 15 is 0 Å². The molecule has 2 amide bonds. The summed E-state index contributed by atoms with van der Waals surface area (Å²) < 4.78 is 0. The fourth-order valence-corrected chi connectivity index (χ4v) is 1.53. The molecule has 0 aromatic heterocycles. The van der Waals surface area contributed by atoms with Gasteiger partial charge in [0.2, 0.25) is 5.91 Å². The van der Waals surface area contributed by atoms with Gasteiger partial charge in [0.15, 0.2) is 11.5 Å². The van der Waals surface area contributed by atoms with Crippen molar-refractivity contribution in [3.63, 3.8) is 0 Å². The lowest BCUT2D eigenvalue weighted by atomic mass is 10.2. The highest BCUT2D eigenvalue weighted by molar-refractivity contribution is 5.96. The average Bonchev–Trinajstić information content (AvgIpc) is 2.30. The molecule has 0 saturated carbocycles. The molecule has 1 aromatic carbocycles. The standard InChI is InChI=1S/C13H18N2O4/c1-8(2)14-12(18)7-15(3)13(19)9-4-5-10(16)11(17)6-9/h4-6,8,16-17H,7H2,1-3H3,(H,14,18). The first kappa shape index (κ1) is 14.8. The average molecular weight is 266 g/mol. The Morgan fingerprint density at radius 3 is 2.42 bits per heavy atom. The van der Waals surface area contributed by atoms with Gasteiger partial charge in [-0.3, -0.25) is 9.59 Å². The molecule has 0 radical (unpaired) electrons. The molecular formula is C13H18N2O4. The maximum absolute atomic E-state index is 12.0. The molecule has 0 spiro atoms. The van der Waals surface area contributed by atoms with Crippen LogP contribution in [0.4, 0.5) is 0 Å². The third-order valence-corrected chi connectivity index (χ3v) is 2.40. The second-order valence-corrected chi connectivity index (χ2v) is 4.59. The SMILES string of the molecule is CC(C)NC(=O)CN(C)C(=O)c1ccc(O)c(O)c1. The van der Waals surface area contributed by atoms with Gasteiger partial charge in [-0.05, 0) is 32.0 Å². The Hall–Kier alpha value is -2.24. The number of carbonyl (C=O) groups excluding carboxylic acids is 2. The number of nitrogens with zero attached hydrogens (tertiary/aromatic N) is 1. The zero-order valence-corrected chi connectivity index (χ0v) is 11.2. The molecule has 0 fully saturated rings. The largest absolute Gasteiger partial charge is 0.504 e. The molecule has 19 heavy (non-hydrogen) atoms. The van der Waals surface area contributed by atoms with E-state index in [4.69, 9.17) is 5.11 Å². The van der Waals surface area contributed by atoms with Crippen LogP contribution in [0.15, 0.2) is 18.2 Å². The Morgan fingerprint density at radius 1 is 1.26 bits per heavy atom. The van der Waals surface area contributed by atoms with Crippen LogP contribution < -0.4 is 5.32 Å². The zero-order chi connectivity index (χ0) is 14.6. The van der Waals surface area contributed by atoms with Crippen molar-refractivity contribution in [2.24, 2.45) is 0 Å². The molecule has 3 N–H and O–H groups in total. The van der Waals surface area contributed by atoms with Gasteiger partial charge in [0.05, 0.1) is 6.54 Å². The number of nitrogens with one attached hydrogen (secondary N) is 1. The summed E-state index contributed by atoms with van der Waals surface area (Å²) >= 11 is 0. The summed E-state index contributed by atoms with van der Waals surface area (Å²) in [4.78, 5) is 24.7. The van der Waals surface area contributed by atoms with Crippen LogP contribution in [-0.2, 0) is 4.79 Å². The van der Waals surface area contributed by atoms with Gasteiger partial charge in [-0.1, -0.05) is 0 Å². The molecule has 1 aromatic rings. The van der Waals surface area contributed by atoms with E-state index in [1.807, 2.05) is 13.8 Å². The Kier molecular flexibility index (Phi) is 4.74. The van der Waals surface area contributed by atoms with E-state index in [0.29, 0.717) is 0 Å². The van der Waals surface area contributed by atoms with Crippen LogP contribution >= 0.6 is 0 Å². The van der Waals surface area contributed by atoms with E-state index in [9.17, 15) is 14.7 Å². The summed E-state index contributed by atoms with van der Waals surface area (Å²) in [6, 6.07) is 3.78. The molecule has 0 unspecified atom stereocenters. The molecule has 0 heterocycles. The highest BCUT2D eigenvalue weighted by atomic mass is 16.3. The van der Waals surface area contributed by atoms with Gasteiger partial charge in [-0.25, -0.2) is 0 Å². The number of hydrogen-bond donors (Lipinski definition) is 3. The molecule has 0 aliphatic rings. The highest BCUT2D eigenvalue weighted by Gasteiger charge is 2.16. The number of amides is 2. The van der Waals surface area contributed by atoms with Gasteiger partial charge in [0.25, 0.3) is 5.91 Å². The summed E-state index contributed by atoms with van der Waals surface area (Å²) in [6.07, 6.45) is 0. The lowest BCUT2D eigenvalue weighted by Gasteiger charge is -2.18. The van der Waals surface area contributed by atoms with Crippen LogP contribution in [0.2, 0.25) is 0 Å². The maximum Gasteiger partial charge on any atom is 0.254 e. The number of rotatable bonds is 4. The Bertz CT molecular complexity index is 486. The molecule has 0 saturated heterocycles. The Morgan fingerprint density at radius 2 is 1.89 bits per heavy atom. The van der Waals surface area contributed by atoms with E-state index in [-0.39, 0.29) is 35.6 Å². The molecular weight excluding hydrogens is 248 g/mol. The van der Waals surface area contributed by atoms with Crippen LogP contribution in [0, 0.1) is 0 Å². The van der Waals surface area contributed by atoms with E-state index < -0.39 is 5.91 Å². The normalized spacial score (nSPS) is 10.3. The number of carbonyl (C=O) groups is 2. The first-order valence-corrected chi connectivity index (χ1v) is 5.88. The zero-order valence-electron chi connectivity index (χ0n) is 11.2. The molecule has 0 aliphatic heterocycles. The van der Waals surface area contributed by atoms with Crippen LogP contribution in [0.5, 0.6) is 11.5 Å². The minimum atomic E-state index is -0.408. The highest BCUT2D eigenvalue weighted by Crippen LogP contribution is 2.25. The number of hydrogen-bond acceptors (Lipinski definition) is 4.